The fourth-order valence-electron chi connectivity index (χ4n) is 2.18. The molecule has 106 valence electrons. The first-order chi connectivity index (χ1) is 9.52. The monoisotopic (exact) mass is 275 g/mol. The van der Waals surface area contributed by atoms with Gasteiger partial charge < -0.3 is 14.4 Å². The number of carboxylic acids is 1. The Hall–Kier alpha value is -2.30. The fourth-order valence-corrected chi connectivity index (χ4v) is 2.18. The van der Waals surface area contributed by atoms with Crippen LogP contribution in [0.4, 0.5) is 0 Å². The first-order valence-electron chi connectivity index (χ1n) is 6.31. The molecule has 1 heterocycles. The molecule has 0 aliphatic rings. The van der Waals surface area contributed by atoms with E-state index >= 15 is 0 Å². The zero-order valence-corrected chi connectivity index (χ0v) is 11.7. The summed E-state index contributed by atoms with van der Waals surface area (Å²) in [6.07, 6.45) is 0.364. The summed E-state index contributed by atoms with van der Waals surface area (Å²) in [5.74, 6) is -0.120. The van der Waals surface area contributed by atoms with E-state index in [1.807, 2.05) is 6.92 Å². The molecule has 1 aromatic heterocycles. The normalized spacial score (nSPS) is 12.2. The van der Waals surface area contributed by atoms with Crippen LogP contribution in [0.5, 0.6) is 5.75 Å². The number of carboxylic acid groups (broad SMARTS) is 1. The Morgan fingerprint density at radius 1 is 1.35 bits per heavy atom. The van der Waals surface area contributed by atoms with Crippen LogP contribution in [0.25, 0.3) is 0 Å². The number of nitrogens with zero attached hydrogens (tertiary/aromatic N) is 1. The van der Waals surface area contributed by atoms with Crippen LogP contribution in [0.1, 0.15) is 28.5 Å². The first-order valence-corrected chi connectivity index (χ1v) is 6.31. The molecule has 1 N–H and O–H groups in total. The van der Waals surface area contributed by atoms with Crippen molar-refractivity contribution in [2.75, 3.05) is 7.11 Å². The number of methoxy groups -OCH3 is 1. The summed E-state index contributed by atoms with van der Waals surface area (Å²) in [7, 11) is 1.58. The van der Waals surface area contributed by atoms with E-state index in [4.69, 9.17) is 9.26 Å². The predicted molar refractivity (Wildman–Crippen MR) is 73.1 cm³/mol. The van der Waals surface area contributed by atoms with Crippen molar-refractivity contribution in [3.8, 4) is 5.75 Å². The van der Waals surface area contributed by atoms with E-state index in [0.29, 0.717) is 17.9 Å². The summed E-state index contributed by atoms with van der Waals surface area (Å²) in [5, 5.41) is 13.3. The third kappa shape index (κ3) is 2.82. The molecule has 0 spiro atoms. The Balaban J connectivity index is 2.29. The Labute approximate surface area is 117 Å². The molecule has 2 aromatic rings. The number of benzene rings is 1. The minimum Gasteiger partial charge on any atom is -0.497 e. The molecule has 1 atom stereocenters. The SMILES string of the molecule is COc1ccc(C(Cc2c(C)noc2C)C(=O)O)cc1. The van der Waals surface area contributed by atoms with Crippen molar-refractivity contribution >= 4 is 5.97 Å². The number of carbonyl (C=O) groups is 1. The average Bonchev–Trinajstić information content (AvgIpc) is 2.75. The van der Waals surface area contributed by atoms with Crippen molar-refractivity contribution in [1.82, 2.24) is 5.16 Å². The summed E-state index contributed by atoms with van der Waals surface area (Å²) in [6, 6.07) is 7.07. The fraction of sp³-hybridized carbons (Fsp3) is 0.333. The van der Waals surface area contributed by atoms with Crippen molar-refractivity contribution in [3.05, 3.63) is 46.8 Å². The Morgan fingerprint density at radius 3 is 2.45 bits per heavy atom. The van der Waals surface area contributed by atoms with E-state index in [0.717, 1.165) is 16.8 Å². The van der Waals surface area contributed by atoms with E-state index in [1.165, 1.54) is 0 Å². The Morgan fingerprint density at radius 2 is 2.00 bits per heavy atom. The van der Waals surface area contributed by atoms with Gasteiger partial charge in [0, 0.05) is 5.56 Å². The predicted octanol–water partition coefficient (Wildman–Crippen LogP) is 2.71. The number of aryl methyl sites for hydroxylation is 2. The highest BCUT2D eigenvalue weighted by Crippen LogP contribution is 2.26. The van der Waals surface area contributed by atoms with Crippen LogP contribution in [0, 0.1) is 13.8 Å². The van der Waals surface area contributed by atoms with Gasteiger partial charge in [-0.3, -0.25) is 4.79 Å². The summed E-state index contributed by atoms with van der Waals surface area (Å²) in [4.78, 5) is 11.5. The van der Waals surface area contributed by atoms with Gasteiger partial charge in [0.2, 0.25) is 0 Å². The van der Waals surface area contributed by atoms with Gasteiger partial charge in [-0.15, -0.1) is 0 Å². The van der Waals surface area contributed by atoms with Gasteiger partial charge in [0.25, 0.3) is 0 Å². The zero-order valence-electron chi connectivity index (χ0n) is 11.7. The van der Waals surface area contributed by atoms with Gasteiger partial charge in [-0.2, -0.15) is 0 Å². The second kappa shape index (κ2) is 5.77. The maximum absolute atomic E-state index is 11.5. The van der Waals surface area contributed by atoms with Crippen molar-refractivity contribution in [2.24, 2.45) is 0 Å². The van der Waals surface area contributed by atoms with Crippen LogP contribution in [-0.4, -0.2) is 23.3 Å². The van der Waals surface area contributed by atoms with E-state index in [9.17, 15) is 9.90 Å². The molecule has 5 heteroatoms. The highest BCUT2D eigenvalue weighted by Gasteiger charge is 2.23. The third-order valence-electron chi connectivity index (χ3n) is 3.41. The molecule has 0 aliphatic heterocycles. The van der Waals surface area contributed by atoms with Gasteiger partial charge in [-0.25, -0.2) is 0 Å². The van der Waals surface area contributed by atoms with Gasteiger partial charge in [-0.1, -0.05) is 17.3 Å². The maximum atomic E-state index is 11.5. The standard InChI is InChI=1S/C15H17NO4/c1-9-13(10(2)20-16-9)8-14(15(17)18)11-4-6-12(19-3)7-5-11/h4-7,14H,8H2,1-3H3,(H,17,18). The Bertz CT molecular complexity index is 581. The molecular formula is C15H17NO4. The minimum atomic E-state index is -0.866. The van der Waals surface area contributed by atoms with Gasteiger partial charge in [0.1, 0.15) is 11.5 Å². The van der Waals surface area contributed by atoms with Crippen molar-refractivity contribution in [2.45, 2.75) is 26.2 Å². The molecule has 0 amide bonds. The smallest absolute Gasteiger partial charge is 0.311 e. The summed E-state index contributed by atoms with van der Waals surface area (Å²) < 4.78 is 10.2. The molecule has 1 aromatic carbocycles. The van der Waals surface area contributed by atoms with Crippen molar-refractivity contribution in [3.63, 3.8) is 0 Å². The van der Waals surface area contributed by atoms with Gasteiger partial charge in [0.15, 0.2) is 0 Å². The van der Waals surface area contributed by atoms with E-state index in [2.05, 4.69) is 5.16 Å². The largest absolute Gasteiger partial charge is 0.497 e. The molecule has 0 saturated heterocycles. The lowest BCUT2D eigenvalue weighted by atomic mass is 9.91. The third-order valence-corrected chi connectivity index (χ3v) is 3.41. The summed E-state index contributed by atoms with van der Waals surface area (Å²) in [5.41, 5.74) is 2.33. The highest BCUT2D eigenvalue weighted by molar-refractivity contribution is 5.76. The quantitative estimate of drug-likeness (QED) is 0.908. The number of rotatable bonds is 5. The summed E-state index contributed by atoms with van der Waals surface area (Å²) >= 11 is 0. The van der Waals surface area contributed by atoms with Crippen LogP contribution in [0.15, 0.2) is 28.8 Å². The van der Waals surface area contributed by atoms with Crippen LogP contribution < -0.4 is 4.74 Å². The Kier molecular flexibility index (Phi) is 4.08. The molecule has 0 aliphatic carbocycles. The molecule has 0 radical (unpaired) electrons. The molecule has 1 unspecified atom stereocenters. The van der Waals surface area contributed by atoms with Gasteiger partial charge >= 0.3 is 5.97 Å². The van der Waals surface area contributed by atoms with E-state index in [-0.39, 0.29) is 0 Å². The molecule has 0 fully saturated rings. The van der Waals surface area contributed by atoms with Crippen LogP contribution in [0.2, 0.25) is 0 Å². The second-order valence-corrected chi connectivity index (χ2v) is 4.67. The molecule has 2 rings (SSSR count). The van der Waals surface area contributed by atoms with Crippen LogP contribution in [0.3, 0.4) is 0 Å². The molecule has 20 heavy (non-hydrogen) atoms. The lowest BCUT2D eigenvalue weighted by molar-refractivity contribution is -0.138. The average molecular weight is 275 g/mol. The topological polar surface area (TPSA) is 72.6 Å². The lowest BCUT2D eigenvalue weighted by Crippen LogP contribution is -2.15. The van der Waals surface area contributed by atoms with Crippen LogP contribution in [-0.2, 0) is 11.2 Å². The highest BCUT2D eigenvalue weighted by atomic mass is 16.5. The molecule has 5 nitrogen and oxygen atoms in total. The maximum Gasteiger partial charge on any atom is 0.311 e. The van der Waals surface area contributed by atoms with Crippen molar-refractivity contribution in [1.29, 1.82) is 0 Å². The minimum absolute atomic E-state index is 0.364. The first kappa shape index (κ1) is 14.1. The number of ether oxygens (including phenoxy) is 1. The molecule has 0 bridgehead atoms. The second-order valence-electron chi connectivity index (χ2n) is 4.67. The van der Waals surface area contributed by atoms with Gasteiger partial charge in [-0.05, 0) is 38.0 Å². The molecular weight excluding hydrogens is 258 g/mol. The van der Waals surface area contributed by atoms with E-state index < -0.39 is 11.9 Å². The number of hydrogen-bond donors (Lipinski definition) is 1. The van der Waals surface area contributed by atoms with Crippen molar-refractivity contribution < 1.29 is 19.2 Å². The van der Waals surface area contributed by atoms with E-state index in [1.54, 1.807) is 38.3 Å². The molecule has 0 saturated carbocycles. The lowest BCUT2D eigenvalue weighted by Gasteiger charge is -2.13. The summed E-state index contributed by atoms with van der Waals surface area (Å²) in [6.45, 7) is 3.61. The zero-order chi connectivity index (χ0) is 14.7. The number of aliphatic carboxylic acids is 1. The van der Waals surface area contributed by atoms with Crippen LogP contribution >= 0.6 is 0 Å². The number of hydrogen-bond acceptors (Lipinski definition) is 4. The number of aromatic nitrogens is 1. The van der Waals surface area contributed by atoms with Gasteiger partial charge in [0.05, 0.1) is 18.7 Å².